The van der Waals surface area contributed by atoms with E-state index in [0.29, 0.717) is 23.7 Å². The van der Waals surface area contributed by atoms with Crippen molar-refractivity contribution in [2.24, 2.45) is 0 Å². The Hall–Kier alpha value is -2.02. The minimum Gasteiger partial charge on any atom is -0.477 e. The van der Waals surface area contributed by atoms with Crippen LogP contribution < -0.4 is 9.64 Å². The van der Waals surface area contributed by atoms with E-state index in [9.17, 15) is 13.2 Å². The standard InChI is InChI=1S/C17H19ClF3N3O/c1-3-5-10-25-15-12(17(19,20)21)11-22-16(23-15)24(4-2)14-9-7-6-8-13(14)18/h6-9,11H,3-5,10H2,1-2H3. The molecule has 1 aromatic heterocycles. The molecule has 0 saturated carbocycles. The van der Waals surface area contributed by atoms with Gasteiger partial charge in [-0.25, -0.2) is 4.98 Å². The molecule has 1 heterocycles. The molecule has 2 rings (SSSR count). The summed E-state index contributed by atoms with van der Waals surface area (Å²) in [5.41, 5.74) is -0.367. The number of ether oxygens (including phenoxy) is 1. The third kappa shape index (κ3) is 4.75. The van der Waals surface area contributed by atoms with Crippen molar-refractivity contribution in [1.82, 2.24) is 9.97 Å². The van der Waals surface area contributed by atoms with Crippen molar-refractivity contribution >= 4 is 23.2 Å². The first-order valence-electron chi connectivity index (χ1n) is 7.97. The first-order chi connectivity index (χ1) is 11.9. The molecule has 0 N–H and O–H groups in total. The molecule has 0 aliphatic rings. The van der Waals surface area contributed by atoms with Crippen molar-refractivity contribution in [3.05, 3.63) is 41.0 Å². The van der Waals surface area contributed by atoms with Crippen LogP contribution >= 0.6 is 11.6 Å². The summed E-state index contributed by atoms with van der Waals surface area (Å²) in [7, 11) is 0. The molecule has 0 amide bonds. The summed E-state index contributed by atoms with van der Waals surface area (Å²) < 4.78 is 44.8. The monoisotopic (exact) mass is 373 g/mol. The second-order valence-corrected chi connectivity index (χ2v) is 5.69. The van der Waals surface area contributed by atoms with Crippen molar-refractivity contribution in [1.29, 1.82) is 0 Å². The molecule has 1 aromatic carbocycles. The third-order valence-electron chi connectivity index (χ3n) is 3.48. The highest BCUT2D eigenvalue weighted by molar-refractivity contribution is 6.33. The fourth-order valence-corrected chi connectivity index (χ4v) is 2.43. The van der Waals surface area contributed by atoms with Crippen LogP contribution in [0.4, 0.5) is 24.8 Å². The lowest BCUT2D eigenvalue weighted by molar-refractivity contribution is -0.139. The van der Waals surface area contributed by atoms with Crippen molar-refractivity contribution in [3.63, 3.8) is 0 Å². The molecule has 0 saturated heterocycles. The number of aromatic nitrogens is 2. The van der Waals surface area contributed by atoms with E-state index in [1.54, 1.807) is 29.2 Å². The van der Waals surface area contributed by atoms with Crippen molar-refractivity contribution < 1.29 is 17.9 Å². The molecule has 0 aliphatic carbocycles. The topological polar surface area (TPSA) is 38.2 Å². The minimum atomic E-state index is -4.58. The smallest absolute Gasteiger partial charge is 0.423 e. The molecule has 8 heteroatoms. The van der Waals surface area contributed by atoms with E-state index in [-0.39, 0.29) is 12.6 Å². The van der Waals surface area contributed by atoms with Gasteiger partial charge in [0.05, 0.1) is 17.3 Å². The summed E-state index contributed by atoms with van der Waals surface area (Å²) in [6.45, 7) is 4.36. The maximum atomic E-state index is 13.2. The summed E-state index contributed by atoms with van der Waals surface area (Å²) in [6, 6.07) is 7.01. The van der Waals surface area contributed by atoms with Gasteiger partial charge in [0, 0.05) is 12.7 Å². The summed E-state index contributed by atoms with van der Waals surface area (Å²) in [5.74, 6) is -0.355. The molecule has 0 unspecified atom stereocenters. The Morgan fingerprint density at radius 3 is 2.52 bits per heavy atom. The van der Waals surface area contributed by atoms with Crippen LogP contribution in [0.2, 0.25) is 5.02 Å². The van der Waals surface area contributed by atoms with E-state index in [1.807, 2.05) is 13.8 Å². The van der Waals surface area contributed by atoms with Crippen LogP contribution in [0, 0.1) is 0 Å². The molecule has 4 nitrogen and oxygen atoms in total. The van der Waals surface area contributed by atoms with E-state index < -0.39 is 17.6 Å². The Balaban J connectivity index is 2.43. The zero-order valence-electron chi connectivity index (χ0n) is 14.0. The number of nitrogens with zero attached hydrogens (tertiary/aromatic N) is 3. The van der Waals surface area contributed by atoms with Crippen LogP contribution in [0.25, 0.3) is 0 Å². The number of hydrogen-bond acceptors (Lipinski definition) is 4. The number of alkyl halides is 3. The van der Waals surface area contributed by atoms with Gasteiger partial charge in [0.25, 0.3) is 0 Å². The maximum absolute atomic E-state index is 13.2. The maximum Gasteiger partial charge on any atom is 0.423 e. The van der Waals surface area contributed by atoms with Crippen LogP contribution in [0.5, 0.6) is 5.88 Å². The molecule has 0 fully saturated rings. The Labute approximate surface area is 149 Å². The molecule has 0 radical (unpaired) electrons. The zero-order chi connectivity index (χ0) is 18.4. The van der Waals surface area contributed by atoms with E-state index in [1.165, 1.54) is 0 Å². The minimum absolute atomic E-state index is 0.107. The molecule has 0 bridgehead atoms. The first kappa shape index (κ1) is 19.3. The number of benzene rings is 1. The summed E-state index contributed by atoms with van der Waals surface area (Å²) in [5, 5.41) is 0.460. The molecular weight excluding hydrogens is 355 g/mol. The van der Waals surface area contributed by atoms with Gasteiger partial charge in [0.15, 0.2) is 0 Å². The number of anilines is 2. The first-order valence-corrected chi connectivity index (χ1v) is 8.35. The number of halogens is 4. The summed E-state index contributed by atoms with van der Waals surface area (Å²) in [4.78, 5) is 9.53. The molecule has 25 heavy (non-hydrogen) atoms. The van der Waals surface area contributed by atoms with Gasteiger partial charge in [-0.15, -0.1) is 0 Å². The van der Waals surface area contributed by atoms with Gasteiger partial charge < -0.3 is 9.64 Å². The average Bonchev–Trinajstić information content (AvgIpc) is 2.57. The van der Waals surface area contributed by atoms with E-state index in [2.05, 4.69) is 9.97 Å². The van der Waals surface area contributed by atoms with Gasteiger partial charge in [0.2, 0.25) is 11.8 Å². The second kappa shape index (κ2) is 8.38. The predicted molar refractivity (Wildman–Crippen MR) is 91.6 cm³/mol. The van der Waals surface area contributed by atoms with Gasteiger partial charge in [-0.2, -0.15) is 18.2 Å². The summed E-state index contributed by atoms with van der Waals surface area (Å²) >= 11 is 6.19. The molecule has 136 valence electrons. The summed E-state index contributed by atoms with van der Waals surface area (Å²) in [6.07, 6.45) is -2.39. The molecule has 0 spiro atoms. The lowest BCUT2D eigenvalue weighted by Gasteiger charge is -2.23. The fourth-order valence-electron chi connectivity index (χ4n) is 2.20. The van der Waals surface area contributed by atoms with Crippen molar-refractivity contribution in [3.8, 4) is 5.88 Å². The zero-order valence-corrected chi connectivity index (χ0v) is 14.7. The highest BCUT2D eigenvalue weighted by atomic mass is 35.5. The number of para-hydroxylation sites is 1. The normalized spacial score (nSPS) is 11.4. The van der Waals surface area contributed by atoms with Gasteiger partial charge in [0.1, 0.15) is 5.56 Å². The highest BCUT2D eigenvalue weighted by Crippen LogP contribution is 2.37. The Bertz CT molecular complexity index is 710. The Morgan fingerprint density at radius 1 is 1.20 bits per heavy atom. The highest BCUT2D eigenvalue weighted by Gasteiger charge is 2.36. The average molecular weight is 374 g/mol. The van der Waals surface area contributed by atoms with Crippen LogP contribution in [0.15, 0.2) is 30.5 Å². The van der Waals surface area contributed by atoms with Crippen LogP contribution in [-0.4, -0.2) is 23.1 Å². The molecule has 2 aromatic rings. The Kier molecular flexibility index (Phi) is 6.47. The lowest BCUT2D eigenvalue weighted by atomic mass is 10.3. The molecule has 0 aliphatic heterocycles. The van der Waals surface area contributed by atoms with E-state index in [4.69, 9.17) is 16.3 Å². The quantitative estimate of drug-likeness (QED) is 0.602. The van der Waals surface area contributed by atoms with Crippen LogP contribution in [0.3, 0.4) is 0 Å². The molecular formula is C17H19ClF3N3O. The number of hydrogen-bond donors (Lipinski definition) is 0. The fraction of sp³-hybridized carbons (Fsp3) is 0.412. The van der Waals surface area contributed by atoms with Gasteiger partial charge in [-0.05, 0) is 25.5 Å². The predicted octanol–water partition coefficient (Wildman–Crippen LogP) is 5.49. The van der Waals surface area contributed by atoms with Gasteiger partial charge >= 0.3 is 6.18 Å². The largest absolute Gasteiger partial charge is 0.477 e. The van der Waals surface area contributed by atoms with Crippen molar-refractivity contribution in [2.45, 2.75) is 32.9 Å². The molecule has 0 atom stereocenters. The van der Waals surface area contributed by atoms with E-state index in [0.717, 1.165) is 12.6 Å². The van der Waals surface area contributed by atoms with Crippen molar-refractivity contribution in [2.75, 3.05) is 18.1 Å². The van der Waals surface area contributed by atoms with Crippen LogP contribution in [0.1, 0.15) is 32.3 Å². The lowest BCUT2D eigenvalue weighted by Crippen LogP contribution is -2.21. The van der Waals surface area contributed by atoms with Gasteiger partial charge in [-0.1, -0.05) is 37.1 Å². The number of unbranched alkanes of at least 4 members (excludes halogenated alkanes) is 1. The Morgan fingerprint density at radius 2 is 1.92 bits per heavy atom. The second-order valence-electron chi connectivity index (χ2n) is 5.28. The van der Waals surface area contributed by atoms with Crippen LogP contribution in [-0.2, 0) is 6.18 Å². The SMILES string of the molecule is CCCCOc1nc(N(CC)c2ccccc2Cl)ncc1C(F)(F)F. The number of rotatable bonds is 7. The van der Waals surface area contributed by atoms with Gasteiger partial charge in [-0.3, -0.25) is 0 Å². The van der Waals surface area contributed by atoms with E-state index >= 15 is 0 Å². The third-order valence-corrected chi connectivity index (χ3v) is 3.80.